The molecule has 0 unspecified atom stereocenters. The molecule has 1 aliphatic rings. The lowest BCUT2D eigenvalue weighted by atomic mass is 10.2. The molecule has 0 atom stereocenters. The Hall–Kier alpha value is -1.80. The van der Waals surface area contributed by atoms with Crippen LogP contribution in [0.15, 0.2) is 16.6 Å². The Balaban J connectivity index is 1.92. The predicted molar refractivity (Wildman–Crippen MR) is 88.3 cm³/mol. The monoisotopic (exact) mass is 380 g/mol. The maximum absolute atomic E-state index is 11.4. The lowest BCUT2D eigenvalue weighted by Gasteiger charge is -2.38. The Morgan fingerprint density at radius 3 is 2.83 bits per heavy atom. The molecular weight excluding hydrogens is 364 g/mol. The molecule has 0 aliphatic carbocycles. The Labute approximate surface area is 141 Å². The fraction of sp³-hybridized carbons (Fsp3) is 0.500. The molecule has 1 aliphatic heterocycles. The van der Waals surface area contributed by atoms with Crippen LogP contribution in [0.2, 0.25) is 0 Å². The number of hydroxylamine groups is 2. The third kappa shape index (κ3) is 3.28. The van der Waals surface area contributed by atoms with Gasteiger partial charge < -0.3 is 4.90 Å². The topological polar surface area (TPSA) is 87.2 Å². The summed E-state index contributed by atoms with van der Waals surface area (Å²) in [5, 5.41) is 9.44. The molecule has 3 heterocycles. The smallest absolute Gasteiger partial charge is 0.187 e. The highest BCUT2D eigenvalue weighted by Gasteiger charge is 2.29. The number of hydrogen-bond acceptors (Lipinski definition) is 7. The minimum Gasteiger partial charge on any atom is -0.317 e. The van der Waals surface area contributed by atoms with Crippen molar-refractivity contribution < 1.29 is 9.63 Å². The standard InChI is InChI=1S/C14H17BrN6O2/c1-14(2,3)23-20-4-5-21(9(6-20)7-22)13-10-11(15)18-19-12(10)16-8-17-13/h8H,4-6H2,1-3H3,(H,16,17,18,19). The van der Waals surface area contributed by atoms with Crippen LogP contribution in [0.5, 0.6) is 0 Å². The minimum absolute atomic E-state index is 0.314. The molecule has 8 nitrogen and oxygen atoms in total. The van der Waals surface area contributed by atoms with Gasteiger partial charge in [0.05, 0.1) is 17.5 Å². The van der Waals surface area contributed by atoms with Crippen LogP contribution in [0.3, 0.4) is 0 Å². The summed E-state index contributed by atoms with van der Waals surface area (Å²) >= 11 is 3.41. The number of nitrogens with one attached hydrogen (secondary N) is 1. The quantitative estimate of drug-likeness (QED) is 0.792. The number of H-pyrrole nitrogens is 1. The van der Waals surface area contributed by atoms with Crippen LogP contribution in [0, 0.1) is 0 Å². The van der Waals surface area contributed by atoms with E-state index in [1.165, 1.54) is 6.33 Å². The number of piperazine rings is 1. The van der Waals surface area contributed by atoms with Crippen molar-refractivity contribution in [1.82, 2.24) is 25.2 Å². The number of aromatic amines is 1. The Kier molecular flexibility index (Phi) is 4.20. The van der Waals surface area contributed by atoms with Gasteiger partial charge in [-0.1, -0.05) is 0 Å². The maximum atomic E-state index is 11.4. The molecular formula is C14H17BrN6O2. The van der Waals surface area contributed by atoms with Gasteiger partial charge in [0.15, 0.2) is 5.65 Å². The summed E-state index contributed by atoms with van der Waals surface area (Å²) < 4.78 is 0.682. The van der Waals surface area contributed by atoms with E-state index in [2.05, 4.69) is 36.1 Å². The lowest BCUT2D eigenvalue weighted by Crippen LogP contribution is -2.47. The van der Waals surface area contributed by atoms with E-state index in [9.17, 15) is 4.79 Å². The Morgan fingerprint density at radius 1 is 1.35 bits per heavy atom. The molecule has 122 valence electrons. The van der Waals surface area contributed by atoms with Crippen molar-refractivity contribution in [2.75, 3.05) is 24.5 Å². The summed E-state index contributed by atoms with van der Waals surface area (Å²) in [5.41, 5.74) is 0.695. The molecule has 23 heavy (non-hydrogen) atoms. The average molecular weight is 381 g/mol. The van der Waals surface area contributed by atoms with E-state index in [-0.39, 0.29) is 5.60 Å². The highest BCUT2D eigenvalue weighted by Crippen LogP contribution is 2.31. The van der Waals surface area contributed by atoms with Crippen LogP contribution in [-0.4, -0.2) is 56.4 Å². The first-order valence-electron chi connectivity index (χ1n) is 7.19. The molecule has 0 aromatic carbocycles. The Morgan fingerprint density at radius 2 is 2.13 bits per heavy atom. The first-order valence-corrected chi connectivity index (χ1v) is 7.98. The van der Waals surface area contributed by atoms with Crippen molar-refractivity contribution in [2.45, 2.75) is 26.4 Å². The van der Waals surface area contributed by atoms with Crippen molar-refractivity contribution in [3.05, 3.63) is 16.6 Å². The van der Waals surface area contributed by atoms with E-state index in [1.54, 1.807) is 5.06 Å². The van der Waals surface area contributed by atoms with Crippen LogP contribution in [0.25, 0.3) is 11.0 Å². The van der Waals surface area contributed by atoms with Gasteiger partial charge in [0.1, 0.15) is 28.4 Å². The molecule has 1 N–H and O–H groups in total. The second kappa shape index (κ2) is 6.01. The largest absolute Gasteiger partial charge is 0.317 e. The fourth-order valence-electron chi connectivity index (χ4n) is 2.48. The number of fused-ring (bicyclic) bond motifs is 1. The van der Waals surface area contributed by atoms with Gasteiger partial charge in [-0.2, -0.15) is 10.2 Å². The fourth-order valence-corrected chi connectivity index (χ4v) is 2.92. The SMILES string of the molecule is CC(C)(C)ON1CCN(c2ncnc3n[nH]c(Br)c23)C(=C=O)C1. The third-order valence-electron chi connectivity index (χ3n) is 3.29. The van der Waals surface area contributed by atoms with Crippen LogP contribution in [-0.2, 0) is 9.63 Å². The van der Waals surface area contributed by atoms with E-state index >= 15 is 0 Å². The molecule has 0 spiro atoms. The van der Waals surface area contributed by atoms with E-state index in [4.69, 9.17) is 4.84 Å². The van der Waals surface area contributed by atoms with Gasteiger partial charge in [-0.3, -0.25) is 9.94 Å². The van der Waals surface area contributed by atoms with Gasteiger partial charge in [-0.25, -0.2) is 14.8 Å². The maximum Gasteiger partial charge on any atom is 0.187 e. The molecule has 3 rings (SSSR count). The van der Waals surface area contributed by atoms with Crippen LogP contribution in [0.1, 0.15) is 20.8 Å². The van der Waals surface area contributed by atoms with Crippen LogP contribution < -0.4 is 4.90 Å². The van der Waals surface area contributed by atoms with Crippen molar-refractivity contribution in [3.8, 4) is 0 Å². The van der Waals surface area contributed by atoms with Gasteiger partial charge >= 0.3 is 0 Å². The zero-order valence-corrected chi connectivity index (χ0v) is 14.7. The van der Waals surface area contributed by atoms with Gasteiger partial charge in [0.25, 0.3) is 0 Å². The number of rotatable bonds is 2. The molecule has 0 bridgehead atoms. The number of halogens is 1. The molecule has 1 fully saturated rings. The second-order valence-electron chi connectivity index (χ2n) is 6.20. The molecule has 9 heteroatoms. The molecule has 2 aromatic heterocycles. The highest BCUT2D eigenvalue weighted by molar-refractivity contribution is 9.10. The first-order chi connectivity index (χ1) is 10.9. The van der Waals surface area contributed by atoms with Gasteiger partial charge in [-0.05, 0) is 36.7 Å². The summed E-state index contributed by atoms with van der Waals surface area (Å²) in [6.45, 7) is 7.47. The van der Waals surface area contributed by atoms with Crippen molar-refractivity contribution >= 4 is 38.7 Å². The van der Waals surface area contributed by atoms with E-state index in [1.807, 2.05) is 31.6 Å². The van der Waals surface area contributed by atoms with E-state index in [0.29, 0.717) is 41.4 Å². The third-order valence-corrected chi connectivity index (χ3v) is 3.86. The van der Waals surface area contributed by atoms with Crippen LogP contribution in [0.4, 0.5) is 5.82 Å². The van der Waals surface area contributed by atoms with E-state index in [0.717, 1.165) is 5.39 Å². The molecule has 0 amide bonds. The number of anilines is 1. The van der Waals surface area contributed by atoms with Crippen molar-refractivity contribution in [2.24, 2.45) is 0 Å². The van der Waals surface area contributed by atoms with Crippen molar-refractivity contribution in [1.29, 1.82) is 0 Å². The van der Waals surface area contributed by atoms with Crippen molar-refractivity contribution in [3.63, 3.8) is 0 Å². The average Bonchev–Trinajstić information content (AvgIpc) is 2.87. The zero-order valence-electron chi connectivity index (χ0n) is 13.1. The minimum atomic E-state index is -0.314. The molecule has 1 saturated heterocycles. The predicted octanol–water partition coefficient (Wildman–Crippen LogP) is 1.68. The molecule has 0 saturated carbocycles. The summed E-state index contributed by atoms with van der Waals surface area (Å²) in [6, 6.07) is 0. The summed E-state index contributed by atoms with van der Waals surface area (Å²) in [5.74, 6) is 2.64. The summed E-state index contributed by atoms with van der Waals surface area (Å²) in [4.78, 5) is 27.6. The second-order valence-corrected chi connectivity index (χ2v) is 6.99. The zero-order chi connectivity index (χ0) is 16.6. The summed E-state index contributed by atoms with van der Waals surface area (Å²) in [6.07, 6.45) is 1.44. The number of nitrogens with zero attached hydrogens (tertiary/aromatic N) is 5. The normalized spacial score (nSPS) is 16.9. The van der Waals surface area contributed by atoms with E-state index < -0.39 is 0 Å². The highest BCUT2D eigenvalue weighted by atomic mass is 79.9. The van der Waals surface area contributed by atoms with Crippen LogP contribution >= 0.6 is 15.9 Å². The number of aromatic nitrogens is 4. The number of carbonyl (C=O) groups excluding carboxylic acids is 1. The molecule has 0 radical (unpaired) electrons. The number of hydrogen-bond donors (Lipinski definition) is 1. The van der Waals surface area contributed by atoms with Gasteiger partial charge in [0, 0.05) is 13.1 Å². The summed E-state index contributed by atoms with van der Waals surface area (Å²) in [7, 11) is 0. The van der Waals surface area contributed by atoms with Gasteiger partial charge in [0.2, 0.25) is 0 Å². The first kappa shape index (κ1) is 16.1. The van der Waals surface area contributed by atoms with Gasteiger partial charge in [-0.15, -0.1) is 0 Å². The lowest BCUT2D eigenvalue weighted by molar-refractivity contribution is -0.225. The Bertz CT molecular complexity index is 777. The molecule has 2 aromatic rings.